The van der Waals surface area contributed by atoms with Gasteiger partial charge >= 0.3 is 0 Å². The molecule has 0 radical (unpaired) electrons. The van der Waals surface area contributed by atoms with Crippen molar-refractivity contribution in [2.75, 3.05) is 13.2 Å². The Balaban J connectivity index is 3.82. The van der Waals surface area contributed by atoms with Crippen molar-refractivity contribution in [3.63, 3.8) is 0 Å². The van der Waals surface area contributed by atoms with Gasteiger partial charge in [-0.25, -0.2) is 0 Å². The molecule has 0 heterocycles. The van der Waals surface area contributed by atoms with E-state index in [4.69, 9.17) is 5.11 Å². The maximum atomic E-state index is 11.3. The zero-order valence-electron chi connectivity index (χ0n) is 8.13. The van der Waals surface area contributed by atoms with Crippen molar-refractivity contribution in [3.05, 3.63) is 0 Å². The molecular weight excluding hydrogens is 154 g/mol. The van der Waals surface area contributed by atoms with Crippen LogP contribution in [0.4, 0.5) is 0 Å². The summed E-state index contributed by atoms with van der Waals surface area (Å²) in [5.41, 5.74) is 0. The van der Waals surface area contributed by atoms with Crippen LogP contribution in [0.15, 0.2) is 0 Å². The number of carbonyl (C=O) groups is 1. The lowest BCUT2D eigenvalue weighted by atomic mass is 9.92. The molecule has 0 fully saturated rings. The summed E-state index contributed by atoms with van der Waals surface area (Å²) in [7, 11) is 0. The van der Waals surface area contributed by atoms with Gasteiger partial charge in [0.15, 0.2) is 0 Å². The smallest absolute Gasteiger partial charge is 0.223 e. The minimum absolute atomic E-state index is 0.00269. The summed E-state index contributed by atoms with van der Waals surface area (Å²) in [5.74, 6) is 0.331. The molecule has 3 nitrogen and oxygen atoms in total. The number of rotatable bonds is 5. The highest BCUT2D eigenvalue weighted by Gasteiger charge is 2.18. The number of aliphatic hydroxyl groups is 1. The minimum atomic E-state index is -0.00269. The molecule has 0 spiro atoms. The van der Waals surface area contributed by atoms with Gasteiger partial charge in [0.2, 0.25) is 5.91 Å². The second kappa shape index (κ2) is 6.00. The van der Waals surface area contributed by atoms with E-state index in [0.717, 1.165) is 0 Å². The summed E-state index contributed by atoms with van der Waals surface area (Å²) in [6, 6.07) is 0. The Bertz CT molecular complexity index is 136. The van der Waals surface area contributed by atoms with E-state index in [1.807, 2.05) is 20.8 Å². The van der Waals surface area contributed by atoms with Crippen molar-refractivity contribution >= 4 is 5.91 Å². The molecule has 12 heavy (non-hydrogen) atoms. The molecule has 0 bridgehead atoms. The number of aliphatic hydroxyl groups excluding tert-OH is 1. The molecule has 0 saturated heterocycles. The molecule has 2 unspecified atom stereocenters. The summed E-state index contributed by atoms with van der Waals surface area (Å²) in [6.07, 6.45) is 0.693. The molecule has 0 rings (SSSR count). The number of hydrogen-bond acceptors (Lipinski definition) is 2. The van der Waals surface area contributed by atoms with Crippen molar-refractivity contribution < 1.29 is 9.90 Å². The van der Waals surface area contributed by atoms with E-state index in [1.165, 1.54) is 0 Å². The molecule has 2 atom stereocenters. The molecule has 1 amide bonds. The van der Waals surface area contributed by atoms with Crippen LogP contribution >= 0.6 is 0 Å². The highest BCUT2D eigenvalue weighted by molar-refractivity contribution is 5.78. The first kappa shape index (κ1) is 11.4. The van der Waals surface area contributed by atoms with Crippen LogP contribution in [0, 0.1) is 11.8 Å². The molecule has 0 aliphatic rings. The van der Waals surface area contributed by atoms with Gasteiger partial charge in [-0.05, 0) is 19.3 Å². The van der Waals surface area contributed by atoms with Crippen molar-refractivity contribution in [2.45, 2.75) is 27.2 Å². The molecule has 0 aromatic heterocycles. The first-order valence-corrected chi connectivity index (χ1v) is 4.52. The summed E-state index contributed by atoms with van der Waals surface area (Å²) < 4.78 is 0. The van der Waals surface area contributed by atoms with E-state index in [-0.39, 0.29) is 24.3 Å². The van der Waals surface area contributed by atoms with Gasteiger partial charge < -0.3 is 10.4 Å². The summed E-state index contributed by atoms with van der Waals surface area (Å²) in [5, 5.41) is 11.4. The second-order valence-corrected chi connectivity index (χ2v) is 3.17. The maximum Gasteiger partial charge on any atom is 0.223 e. The van der Waals surface area contributed by atoms with E-state index in [1.54, 1.807) is 0 Å². The Morgan fingerprint density at radius 2 is 2.08 bits per heavy atom. The average Bonchev–Trinajstić information content (AvgIpc) is 2.04. The van der Waals surface area contributed by atoms with Crippen LogP contribution in [0.25, 0.3) is 0 Å². The lowest BCUT2D eigenvalue weighted by Crippen LogP contribution is -2.32. The first-order valence-electron chi connectivity index (χ1n) is 4.52. The van der Waals surface area contributed by atoms with Crippen LogP contribution in [0.1, 0.15) is 27.2 Å². The van der Waals surface area contributed by atoms with Gasteiger partial charge in [0.05, 0.1) is 0 Å². The topological polar surface area (TPSA) is 49.3 Å². The lowest BCUT2D eigenvalue weighted by Gasteiger charge is -2.17. The summed E-state index contributed by atoms with van der Waals surface area (Å²) >= 11 is 0. The zero-order chi connectivity index (χ0) is 9.56. The van der Waals surface area contributed by atoms with E-state index in [2.05, 4.69) is 5.32 Å². The molecular formula is C9H19NO2. The SMILES string of the molecule is CCNC(=O)C(C)C(C)CCO. The van der Waals surface area contributed by atoms with E-state index >= 15 is 0 Å². The van der Waals surface area contributed by atoms with Gasteiger partial charge in [-0.3, -0.25) is 4.79 Å². The average molecular weight is 173 g/mol. The van der Waals surface area contributed by atoms with Crippen LogP contribution < -0.4 is 5.32 Å². The Morgan fingerprint density at radius 1 is 1.50 bits per heavy atom. The summed E-state index contributed by atoms with van der Waals surface area (Å²) in [4.78, 5) is 11.3. The van der Waals surface area contributed by atoms with Crippen LogP contribution in [0.3, 0.4) is 0 Å². The van der Waals surface area contributed by atoms with E-state index in [0.29, 0.717) is 13.0 Å². The maximum absolute atomic E-state index is 11.3. The van der Waals surface area contributed by atoms with Gasteiger partial charge in [0.1, 0.15) is 0 Å². The quantitative estimate of drug-likeness (QED) is 0.645. The third-order valence-electron chi connectivity index (χ3n) is 2.20. The van der Waals surface area contributed by atoms with Crippen molar-refractivity contribution in [2.24, 2.45) is 11.8 Å². The lowest BCUT2D eigenvalue weighted by molar-refractivity contribution is -0.125. The third kappa shape index (κ3) is 3.72. The Labute approximate surface area is 74.2 Å². The zero-order valence-corrected chi connectivity index (χ0v) is 8.13. The molecule has 72 valence electrons. The van der Waals surface area contributed by atoms with Crippen LogP contribution in [0.2, 0.25) is 0 Å². The van der Waals surface area contributed by atoms with Crippen molar-refractivity contribution in [1.29, 1.82) is 0 Å². The van der Waals surface area contributed by atoms with E-state index in [9.17, 15) is 4.79 Å². The first-order chi connectivity index (χ1) is 5.63. The molecule has 3 heteroatoms. The predicted molar refractivity (Wildman–Crippen MR) is 48.7 cm³/mol. The third-order valence-corrected chi connectivity index (χ3v) is 2.20. The fraction of sp³-hybridized carbons (Fsp3) is 0.889. The van der Waals surface area contributed by atoms with Crippen molar-refractivity contribution in [1.82, 2.24) is 5.32 Å². The normalized spacial score (nSPS) is 15.3. The number of carbonyl (C=O) groups excluding carboxylic acids is 1. The highest BCUT2D eigenvalue weighted by Crippen LogP contribution is 2.14. The predicted octanol–water partition coefficient (Wildman–Crippen LogP) is 0.777. The largest absolute Gasteiger partial charge is 0.396 e. The monoisotopic (exact) mass is 173 g/mol. The van der Waals surface area contributed by atoms with E-state index < -0.39 is 0 Å². The Hall–Kier alpha value is -0.570. The molecule has 0 aliphatic carbocycles. The number of hydrogen-bond donors (Lipinski definition) is 2. The van der Waals surface area contributed by atoms with Gasteiger partial charge in [-0.1, -0.05) is 13.8 Å². The standard InChI is InChI=1S/C9H19NO2/c1-4-10-9(12)8(3)7(2)5-6-11/h7-8,11H,4-6H2,1-3H3,(H,10,12). The van der Waals surface area contributed by atoms with Crippen LogP contribution in [0.5, 0.6) is 0 Å². The molecule has 0 aromatic carbocycles. The molecule has 0 saturated carbocycles. The number of amides is 1. The fourth-order valence-corrected chi connectivity index (χ4v) is 1.05. The van der Waals surface area contributed by atoms with Crippen molar-refractivity contribution in [3.8, 4) is 0 Å². The van der Waals surface area contributed by atoms with Crippen LogP contribution in [-0.4, -0.2) is 24.2 Å². The van der Waals surface area contributed by atoms with Gasteiger partial charge in [0, 0.05) is 19.1 Å². The number of nitrogens with one attached hydrogen (secondary N) is 1. The van der Waals surface area contributed by atoms with Gasteiger partial charge in [-0.2, -0.15) is 0 Å². The highest BCUT2D eigenvalue weighted by atomic mass is 16.3. The van der Waals surface area contributed by atoms with Gasteiger partial charge in [-0.15, -0.1) is 0 Å². The van der Waals surface area contributed by atoms with Gasteiger partial charge in [0.25, 0.3) is 0 Å². The Kier molecular flexibility index (Phi) is 5.72. The summed E-state index contributed by atoms with van der Waals surface area (Å²) in [6.45, 7) is 6.61. The minimum Gasteiger partial charge on any atom is -0.396 e. The molecule has 2 N–H and O–H groups in total. The Morgan fingerprint density at radius 3 is 2.50 bits per heavy atom. The molecule has 0 aromatic rings. The fourth-order valence-electron chi connectivity index (χ4n) is 1.05. The molecule has 0 aliphatic heterocycles. The van der Waals surface area contributed by atoms with Crippen LogP contribution in [-0.2, 0) is 4.79 Å². The second-order valence-electron chi connectivity index (χ2n) is 3.17.